The highest BCUT2D eigenvalue weighted by Crippen LogP contribution is 2.13. The molecule has 2 amide bonds. The maximum Gasteiger partial charge on any atom is 0.251 e. The second-order valence-electron chi connectivity index (χ2n) is 5.09. The third-order valence-corrected chi connectivity index (χ3v) is 3.88. The SMILES string of the molecule is Cc1cccc(C(=O)N[C@H](C)C(=O)Nc2nc(SCCO)n[nH]2)c1. The van der Waals surface area contributed by atoms with E-state index < -0.39 is 11.9 Å². The molecule has 128 valence electrons. The Kier molecular flexibility index (Phi) is 6.33. The van der Waals surface area contributed by atoms with E-state index >= 15 is 0 Å². The quantitative estimate of drug-likeness (QED) is 0.553. The molecule has 0 saturated heterocycles. The Morgan fingerprint density at radius 3 is 2.92 bits per heavy atom. The molecule has 24 heavy (non-hydrogen) atoms. The summed E-state index contributed by atoms with van der Waals surface area (Å²) in [7, 11) is 0. The van der Waals surface area contributed by atoms with Crippen molar-refractivity contribution in [2.45, 2.75) is 25.0 Å². The summed E-state index contributed by atoms with van der Waals surface area (Å²) in [4.78, 5) is 28.3. The minimum Gasteiger partial charge on any atom is -0.396 e. The zero-order valence-corrected chi connectivity index (χ0v) is 14.2. The van der Waals surface area contributed by atoms with E-state index in [1.807, 2.05) is 13.0 Å². The predicted octanol–water partition coefficient (Wildman–Crippen LogP) is 0.955. The molecule has 0 aliphatic carbocycles. The number of aliphatic hydroxyl groups is 1. The first kappa shape index (κ1) is 18.0. The number of hydrogen-bond acceptors (Lipinski definition) is 6. The first-order valence-electron chi connectivity index (χ1n) is 7.34. The van der Waals surface area contributed by atoms with E-state index in [1.165, 1.54) is 11.8 Å². The fraction of sp³-hybridized carbons (Fsp3) is 0.333. The summed E-state index contributed by atoms with van der Waals surface area (Å²) in [5, 5.41) is 20.8. The van der Waals surface area contributed by atoms with Gasteiger partial charge in [0.2, 0.25) is 17.0 Å². The summed E-state index contributed by atoms with van der Waals surface area (Å²) in [5.41, 5.74) is 1.46. The number of nitrogens with one attached hydrogen (secondary N) is 3. The molecule has 1 heterocycles. The van der Waals surface area contributed by atoms with E-state index in [9.17, 15) is 9.59 Å². The first-order chi connectivity index (χ1) is 11.5. The lowest BCUT2D eigenvalue weighted by Crippen LogP contribution is -2.41. The van der Waals surface area contributed by atoms with Crippen LogP contribution in [0.4, 0.5) is 5.95 Å². The van der Waals surface area contributed by atoms with Crippen molar-refractivity contribution in [2.24, 2.45) is 0 Å². The molecule has 0 spiro atoms. The zero-order valence-electron chi connectivity index (χ0n) is 13.4. The molecule has 4 N–H and O–H groups in total. The zero-order chi connectivity index (χ0) is 17.5. The molecule has 8 nitrogen and oxygen atoms in total. The molecule has 0 radical (unpaired) electrons. The third kappa shape index (κ3) is 5.07. The highest BCUT2D eigenvalue weighted by atomic mass is 32.2. The summed E-state index contributed by atoms with van der Waals surface area (Å²) in [6.07, 6.45) is 0. The molecule has 0 aliphatic rings. The average Bonchev–Trinajstić information content (AvgIpc) is 3.00. The van der Waals surface area contributed by atoms with Gasteiger partial charge in [0.1, 0.15) is 6.04 Å². The molecule has 9 heteroatoms. The Morgan fingerprint density at radius 1 is 1.42 bits per heavy atom. The lowest BCUT2D eigenvalue weighted by molar-refractivity contribution is -0.117. The number of aromatic nitrogens is 3. The van der Waals surface area contributed by atoms with Crippen molar-refractivity contribution in [3.8, 4) is 0 Å². The Bertz CT molecular complexity index is 719. The van der Waals surface area contributed by atoms with Crippen LogP contribution < -0.4 is 10.6 Å². The van der Waals surface area contributed by atoms with Crippen molar-refractivity contribution in [1.82, 2.24) is 20.5 Å². The minimum absolute atomic E-state index is 0.0168. The van der Waals surface area contributed by atoms with Crippen LogP contribution in [-0.4, -0.2) is 50.5 Å². The van der Waals surface area contributed by atoms with Crippen LogP contribution in [0.2, 0.25) is 0 Å². The van der Waals surface area contributed by atoms with Gasteiger partial charge in [-0.1, -0.05) is 29.5 Å². The molecule has 0 fully saturated rings. The van der Waals surface area contributed by atoms with E-state index in [4.69, 9.17) is 5.11 Å². The molecule has 2 rings (SSSR count). The average molecular weight is 349 g/mol. The summed E-state index contributed by atoms with van der Waals surface area (Å²) < 4.78 is 0. The van der Waals surface area contributed by atoms with Crippen molar-refractivity contribution < 1.29 is 14.7 Å². The number of hydrogen-bond donors (Lipinski definition) is 4. The number of benzene rings is 1. The predicted molar refractivity (Wildman–Crippen MR) is 90.9 cm³/mol. The van der Waals surface area contributed by atoms with Gasteiger partial charge in [0.05, 0.1) is 6.61 Å². The Labute approximate surface area is 143 Å². The van der Waals surface area contributed by atoms with Gasteiger partial charge in [-0.05, 0) is 26.0 Å². The summed E-state index contributed by atoms with van der Waals surface area (Å²) >= 11 is 1.26. The van der Waals surface area contributed by atoms with Crippen molar-refractivity contribution in [2.75, 3.05) is 17.7 Å². The number of H-pyrrole nitrogens is 1. The number of aliphatic hydroxyl groups excluding tert-OH is 1. The molecule has 0 bridgehead atoms. The van der Waals surface area contributed by atoms with Gasteiger partial charge in [0.25, 0.3) is 5.91 Å². The van der Waals surface area contributed by atoms with E-state index in [1.54, 1.807) is 25.1 Å². The highest BCUT2D eigenvalue weighted by Gasteiger charge is 2.18. The first-order valence-corrected chi connectivity index (χ1v) is 8.32. The Morgan fingerprint density at radius 2 is 2.21 bits per heavy atom. The number of rotatable bonds is 7. The molecule has 0 saturated carbocycles. The van der Waals surface area contributed by atoms with Gasteiger partial charge < -0.3 is 10.4 Å². The topological polar surface area (TPSA) is 120 Å². The van der Waals surface area contributed by atoms with Crippen LogP contribution in [0, 0.1) is 6.92 Å². The molecule has 1 atom stereocenters. The number of anilines is 1. The van der Waals surface area contributed by atoms with Crippen LogP contribution >= 0.6 is 11.8 Å². The lowest BCUT2D eigenvalue weighted by Gasteiger charge is -2.13. The van der Waals surface area contributed by atoms with E-state index in [-0.39, 0.29) is 18.5 Å². The van der Waals surface area contributed by atoms with E-state index in [0.29, 0.717) is 16.5 Å². The van der Waals surface area contributed by atoms with Crippen LogP contribution in [0.3, 0.4) is 0 Å². The van der Waals surface area contributed by atoms with Gasteiger partial charge in [0.15, 0.2) is 0 Å². The number of thioether (sulfide) groups is 1. The van der Waals surface area contributed by atoms with Crippen LogP contribution in [0.25, 0.3) is 0 Å². The van der Waals surface area contributed by atoms with Gasteiger partial charge in [0, 0.05) is 11.3 Å². The van der Waals surface area contributed by atoms with Crippen molar-refractivity contribution in [3.63, 3.8) is 0 Å². The lowest BCUT2D eigenvalue weighted by atomic mass is 10.1. The molecular formula is C15H19N5O3S. The van der Waals surface area contributed by atoms with Crippen LogP contribution in [-0.2, 0) is 4.79 Å². The van der Waals surface area contributed by atoms with Crippen LogP contribution in [0.1, 0.15) is 22.8 Å². The summed E-state index contributed by atoms with van der Waals surface area (Å²) in [6.45, 7) is 3.49. The number of carbonyl (C=O) groups is 2. The van der Waals surface area contributed by atoms with Crippen LogP contribution in [0.5, 0.6) is 0 Å². The summed E-state index contributed by atoms with van der Waals surface area (Å²) in [5.74, 6) is -0.0742. The number of nitrogens with zero attached hydrogens (tertiary/aromatic N) is 2. The van der Waals surface area contributed by atoms with Crippen molar-refractivity contribution in [3.05, 3.63) is 35.4 Å². The third-order valence-electron chi connectivity index (χ3n) is 3.05. The summed E-state index contributed by atoms with van der Waals surface area (Å²) in [6, 6.07) is 6.38. The normalized spacial score (nSPS) is 11.8. The monoisotopic (exact) mass is 349 g/mol. The number of carbonyl (C=O) groups excluding carboxylic acids is 2. The van der Waals surface area contributed by atoms with Crippen molar-refractivity contribution >= 4 is 29.5 Å². The Hall–Kier alpha value is -2.39. The molecule has 1 aromatic heterocycles. The second-order valence-corrected chi connectivity index (χ2v) is 6.15. The van der Waals surface area contributed by atoms with Gasteiger partial charge in [-0.25, -0.2) is 5.10 Å². The largest absolute Gasteiger partial charge is 0.396 e. The molecule has 0 aliphatic heterocycles. The molecule has 2 aromatic rings. The fourth-order valence-corrected chi connectivity index (χ4v) is 2.40. The molecule has 0 unspecified atom stereocenters. The number of aromatic amines is 1. The standard InChI is InChI=1S/C15H19N5O3S/c1-9-4-3-5-11(8-9)13(23)16-10(2)12(22)17-14-18-15(20-19-14)24-7-6-21/h3-5,8,10,21H,6-7H2,1-2H3,(H,16,23)(H2,17,18,19,20,22)/t10-/m1/s1. The van der Waals surface area contributed by atoms with E-state index in [0.717, 1.165) is 5.56 Å². The van der Waals surface area contributed by atoms with Gasteiger partial charge >= 0.3 is 0 Å². The number of amides is 2. The minimum atomic E-state index is -0.739. The van der Waals surface area contributed by atoms with Gasteiger partial charge in [-0.15, -0.1) is 5.10 Å². The van der Waals surface area contributed by atoms with Crippen LogP contribution in [0.15, 0.2) is 29.4 Å². The molecular weight excluding hydrogens is 330 g/mol. The fourth-order valence-electron chi connectivity index (χ4n) is 1.86. The highest BCUT2D eigenvalue weighted by molar-refractivity contribution is 7.99. The number of aryl methyl sites for hydroxylation is 1. The Balaban J connectivity index is 1.90. The van der Waals surface area contributed by atoms with Crippen molar-refractivity contribution in [1.29, 1.82) is 0 Å². The maximum atomic E-state index is 12.1. The van der Waals surface area contributed by atoms with Gasteiger partial charge in [-0.2, -0.15) is 4.98 Å². The van der Waals surface area contributed by atoms with Gasteiger partial charge in [-0.3, -0.25) is 14.9 Å². The van der Waals surface area contributed by atoms with E-state index in [2.05, 4.69) is 25.8 Å². The smallest absolute Gasteiger partial charge is 0.251 e. The second kappa shape index (κ2) is 8.46. The maximum absolute atomic E-state index is 12.1. The molecule has 1 aromatic carbocycles.